The van der Waals surface area contributed by atoms with Crippen LogP contribution in [0.2, 0.25) is 0 Å². The van der Waals surface area contributed by atoms with Gasteiger partial charge in [0.2, 0.25) is 0 Å². The fraction of sp³-hybridized carbons (Fsp3) is 0.573. The summed E-state index contributed by atoms with van der Waals surface area (Å²) in [5, 5.41) is 8.82. The van der Waals surface area contributed by atoms with Gasteiger partial charge in [0.1, 0.15) is 45.7 Å². The predicted molar refractivity (Wildman–Crippen MR) is 623 cm³/mol. The van der Waals surface area contributed by atoms with Crippen LogP contribution in [0, 0.1) is 16.2 Å². The van der Waals surface area contributed by atoms with Crippen LogP contribution in [0.4, 0.5) is 0 Å². The topological polar surface area (TPSA) is 209 Å². The van der Waals surface area contributed by atoms with Crippen molar-refractivity contribution in [3.05, 3.63) is 284 Å². The zero-order chi connectivity index (χ0) is 114. The first-order valence-electron chi connectivity index (χ1n) is 52.5. The van der Waals surface area contributed by atoms with Gasteiger partial charge in [-0.25, -0.2) is 0 Å². The number of amides is 3. The van der Waals surface area contributed by atoms with E-state index in [-0.39, 0.29) is 128 Å². The third-order valence-corrected chi connectivity index (χ3v) is 22.6. The van der Waals surface area contributed by atoms with Gasteiger partial charge in [-0.1, -0.05) is 361 Å². The summed E-state index contributed by atoms with van der Waals surface area (Å²) in [6.45, 7) is 113. The van der Waals surface area contributed by atoms with Gasteiger partial charge < -0.3 is 25.4 Å². The number of carbonyl (C=O) groups excluding carboxylic acids is 6. The fourth-order valence-corrected chi connectivity index (χ4v) is 13.1. The molecule has 5 aromatic carbocycles. The highest BCUT2D eigenvalue weighted by Gasteiger charge is 2.30. The van der Waals surface area contributed by atoms with Gasteiger partial charge >= 0.3 is 0 Å². The largest absolute Gasteiger partial charge is 0.488 e. The van der Waals surface area contributed by atoms with Crippen molar-refractivity contribution in [3.8, 4) is 11.5 Å². The lowest BCUT2D eigenvalue weighted by Gasteiger charge is -2.23. The van der Waals surface area contributed by atoms with Crippen molar-refractivity contribution in [1.82, 2.24) is 35.9 Å². The van der Waals surface area contributed by atoms with Crippen LogP contribution in [0.15, 0.2) is 195 Å². The molecule has 0 saturated carbocycles. The van der Waals surface area contributed by atoms with Crippen LogP contribution in [-0.4, -0.2) is 82.8 Å². The van der Waals surface area contributed by atoms with Gasteiger partial charge in [-0.2, -0.15) is 0 Å². The lowest BCUT2D eigenvalue weighted by molar-refractivity contribution is -0.126. The second kappa shape index (κ2) is 52.7. The molecule has 0 aliphatic rings. The van der Waals surface area contributed by atoms with E-state index in [9.17, 15) is 28.8 Å². The van der Waals surface area contributed by atoms with Gasteiger partial charge in [0.05, 0.1) is 0 Å². The highest BCUT2D eigenvalue weighted by Crippen LogP contribution is 2.34. The zero-order valence-electron chi connectivity index (χ0n) is 102. The molecule has 0 fully saturated rings. The van der Waals surface area contributed by atoms with E-state index in [2.05, 4.69) is 310 Å². The van der Waals surface area contributed by atoms with E-state index in [0.29, 0.717) is 42.1 Å². The molecule has 810 valence electrons. The SMILES string of the molecule is CC(C)(C)C(=O)Cc1cc(C(C)(C)C)ccn1.CC(C)(C)C(=O)Cc1cccc(C(C)(C)C)c1.CC(C)(C)NC(=O)c1cc(C(C)(C)C)ccn1.CC(C)(C)NC(=O)c1cccc(C(C)(C)C)c1.CC(C)(C)NC(=O)c1cccc(OC(C)(C)C)c1.CC(C)(C)Oc1cccc(CC(=O)C(C)(C)C)c1.CC(C)(C)c1ccc(C(C)(C)C)cc1.CC(C)(C)c1ccc(C(C)(C)C)nc1.CC(C)(C)c1ccc(C(C)(C)C)nc1. The second-order valence-corrected chi connectivity index (χ2v) is 57.5. The maximum Gasteiger partial charge on any atom is 0.270 e. The number of Topliss-reactive ketones (excluding diaryl/α,β-unsaturated/α-hetero) is 3. The third kappa shape index (κ3) is 55.1. The average molecular weight is 2000 g/mol. The lowest BCUT2D eigenvalue weighted by Crippen LogP contribution is -2.41. The van der Waals surface area contributed by atoms with E-state index in [1.807, 2.05) is 270 Å². The van der Waals surface area contributed by atoms with E-state index in [1.54, 1.807) is 24.5 Å². The van der Waals surface area contributed by atoms with E-state index in [0.717, 1.165) is 45.1 Å². The molecule has 15 heteroatoms. The molecule has 3 amide bonds. The van der Waals surface area contributed by atoms with Gasteiger partial charge in [0.15, 0.2) is 0 Å². The Balaban J connectivity index is 0.000000822. The first-order valence-corrected chi connectivity index (χ1v) is 52.5. The Morgan fingerprint density at radius 3 is 0.822 bits per heavy atom. The summed E-state index contributed by atoms with van der Waals surface area (Å²) in [5.74, 6) is 2.09. The van der Waals surface area contributed by atoms with Crippen molar-refractivity contribution >= 4 is 35.1 Å². The minimum atomic E-state index is -0.292. The number of hydrogen-bond acceptors (Lipinski definition) is 12. The highest BCUT2D eigenvalue weighted by molar-refractivity contribution is 5.96. The number of pyridine rings is 4. The van der Waals surface area contributed by atoms with Crippen molar-refractivity contribution in [2.24, 2.45) is 16.2 Å². The number of hydrogen-bond donors (Lipinski definition) is 3. The summed E-state index contributed by atoms with van der Waals surface area (Å²) in [6.07, 6.45) is 8.91. The molecule has 0 aliphatic carbocycles. The van der Waals surface area contributed by atoms with Crippen molar-refractivity contribution in [2.45, 2.75) is 475 Å². The number of aromatic nitrogens is 4. The molecular weight excluding hydrogens is 1800 g/mol. The van der Waals surface area contributed by atoms with Crippen molar-refractivity contribution in [2.75, 3.05) is 0 Å². The number of carbonyl (C=O) groups is 6. The molecule has 0 unspecified atom stereocenters. The quantitative estimate of drug-likeness (QED) is 0.110. The smallest absolute Gasteiger partial charge is 0.270 e. The summed E-state index contributed by atoms with van der Waals surface area (Å²) in [6, 6.07) is 56.8. The van der Waals surface area contributed by atoms with Crippen LogP contribution in [0.1, 0.15) is 478 Å². The zero-order valence-corrected chi connectivity index (χ0v) is 102. The van der Waals surface area contributed by atoms with Gasteiger partial charge in [-0.3, -0.25) is 48.7 Å². The number of nitrogens with zero attached hydrogens (tertiary/aromatic N) is 4. The molecule has 0 spiro atoms. The van der Waals surface area contributed by atoms with Gasteiger partial charge in [0.25, 0.3) is 17.7 Å². The average Bonchev–Trinajstić information content (AvgIpc) is 0.814. The van der Waals surface area contributed by atoms with Gasteiger partial charge in [0, 0.05) is 116 Å². The highest BCUT2D eigenvalue weighted by atomic mass is 16.5. The number of rotatable bonds is 11. The number of ether oxygens (including phenoxy) is 2. The molecule has 15 nitrogen and oxygen atoms in total. The Bertz CT molecular complexity index is 5140. The molecular formula is C131H203N7O8. The lowest BCUT2D eigenvalue weighted by atomic mass is 9.82. The Morgan fingerprint density at radius 2 is 0.507 bits per heavy atom. The summed E-state index contributed by atoms with van der Waals surface area (Å²) in [4.78, 5) is 89.4. The predicted octanol–water partition coefficient (Wildman–Crippen LogP) is 33.1. The Labute approximate surface area is 890 Å². The second-order valence-electron chi connectivity index (χ2n) is 57.5. The first-order chi connectivity index (χ1) is 65.2. The van der Waals surface area contributed by atoms with Crippen molar-refractivity contribution < 1.29 is 38.2 Å². The van der Waals surface area contributed by atoms with E-state index in [4.69, 9.17) is 9.47 Å². The minimum absolute atomic E-state index is 0.0106. The fourth-order valence-electron chi connectivity index (χ4n) is 13.1. The molecule has 0 aliphatic heterocycles. The molecule has 4 heterocycles. The number of nitrogens with one attached hydrogen (secondary N) is 3. The molecule has 0 saturated heterocycles. The van der Waals surface area contributed by atoms with Gasteiger partial charge in [-0.05, 0) is 282 Å². The number of benzene rings is 5. The summed E-state index contributed by atoms with van der Waals surface area (Å²) in [7, 11) is 0. The van der Waals surface area contributed by atoms with Crippen LogP contribution in [0.25, 0.3) is 0 Å². The first kappa shape index (κ1) is 134. The van der Waals surface area contributed by atoms with Crippen LogP contribution in [0.3, 0.4) is 0 Å². The molecule has 0 radical (unpaired) electrons. The maximum absolute atomic E-state index is 12.0. The van der Waals surface area contributed by atoms with E-state index in [1.165, 1.54) is 38.9 Å². The summed E-state index contributed by atoms with van der Waals surface area (Å²) >= 11 is 0. The maximum atomic E-state index is 12.0. The minimum Gasteiger partial charge on any atom is -0.488 e. The summed E-state index contributed by atoms with van der Waals surface area (Å²) in [5.41, 5.74) is 16.9. The van der Waals surface area contributed by atoms with Gasteiger partial charge in [-0.15, -0.1) is 0 Å². The van der Waals surface area contributed by atoms with Crippen LogP contribution >= 0.6 is 0 Å². The van der Waals surface area contributed by atoms with Crippen LogP contribution in [0.5, 0.6) is 11.5 Å². The molecule has 0 bridgehead atoms. The van der Waals surface area contributed by atoms with E-state index < -0.39 is 0 Å². The van der Waals surface area contributed by atoms with E-state index >= 15 is 0 Å². The molecule has 146 heavy (non-hydrogen) atoms. The molecule has 3 N–H and O–H groups in total. The molecule has 4 aromatic heterocycles. The number of ketones is 3. The Hall–Kier alpha value is -10.3. The van der Waals surface area contributed by atoms with Crippen LogP contribution < -0.4 is 25.4 Å². The standard InChI is InChI=1S/C16H24O2.C16H24O.C15H23NO2.2C15H23NO.C14H22N2O.C14H22.2C13H21N/c1-15(2,3)14(17)11-12-8-7-9-13(10-12)18-16(4,5)6;1-15(2,3)13-9-7-8-12(10-13)11-14(17)16(4,5)6;1-14(2,3)16-13(17)11-8-7-9-12(10-11)18-15(4,5)6;1-14(2,3)11-7-8-16-12(9-11)10-13(17)15(4,5)6;1-14(2,3)12-9-7-8-11(10-12)13(17)16-15(4,5)6;1-13(2,3)10-7-8-15-11(9-10)12(17)16-14(4,5)6;1-13(2,3)11-7-9-12(10-8-11)14(4,5)6;2*1-12(2,3)10-7-8-11(14-9-10)13(4,5)6/h7-10H,11H2,1-6H3;7-10H,11H2,1-6H3;7-10H,1-6H3,(H,16,17);7-9H,10H2,1-6H3;7-10H,1-6H3,(H,16,17);7-9H,1-6H3,(H,16,17);7-10H,1-6H3;2*7-9H,1-6H3. The van der Waals surface area contributed by atoms with Crippen molar-refractivity contribution in [1.29, 1.82) is 0 Å². The molecule has 9 rings (SSSR count). The normalized spacial score (nSPS) is 12.6. The Kier molecular flexibility index (Phi) is 48.3. The molecule has 9 aromatic rings. The summed E-state index contributed by atoms with van der Waals surface area (Å²) < 4.78 is 11.5. The van der Waals surface area contributed by atoms with Crippen molar-refractivity contribution in [3.63, 3.8) is 0 Å². The monoisotopic (exact) mass is 2000 g/mol. The molecule has 0 atom stereocenters. The van der Waals surface area contributed by atoms with Crippen LogP contribution in [-0.2, 0) is 87.8 Å². The Morgan fingerprint density at radius 1 is 0.233 bits per heavy atom. The third-order valence-electron chi connectivity index (χ3n) is 22.6.